The number of ether oxygens (including phenoxy) is 3. The number of primary amides is 1. The fraction of sp³-hybridized carbons (Fsp3) is 0.692. The quantitative estimate of drug-likeness (QED) is 0.598. The van der Waals surface area contributed by atoms with Crippen LogP contribution in [0.3, 0.4) is 0 Å². The van der Waals surface area contributed by atoms with Gasteiger partial charge in [0.2, 0.25) is 5.88 Å². The number of hydrogen-bond donors (Lipinski definition) is 3. The normalized spacial score (nSPS) is 33.1. The molecule has 1 unspecified atom stereocenters. The molecule has 0 spiro atoms. The first-order chi connectivity index (χ1) is 11.5. The maximum Gasteiger partial charge on any atom is 0.325 e. The van der Waals surface area contributed by atoms with Crippen molar-refractivity contribution in [1.82, 2.24) is 9.55 Å². The van der Waals surface area contributed by atoms with E-state index in [0.29, 0.717) is 0 Å². The lowest BCUT2D eigenvalue weighted by Gasteiger charge is -2.25. The molecule has 0 aromatic carbocycles. The van der Waals surface area contributed by atoms with Crippen LogP contribution in [0.2, 0.25) is 0 Å². The Morgan fingerprint density at radius 3 is 2.68 bits per heavy atom. The second-order valence-corrected chi connectivity index (χ2v) is 8.28. The van der Waals surface area contributed by atoms with Gasteiger partial charge in [0.25, 0.3) is 5.91 Å². The smallest absolute Gasteiger partial charge is 0.325 e. The zero-order valence-corrected chi connectivity index (χ0v) is 14.8. The third-order valence-electron chi connectivity index (χ3n) is 3.88. The van der Waals surface area contributed by atoms with Crippen LogP contribution < -0.4 is 5.73 Å². The Kier molecular flexibility index (Phi) is 4.43. The van der Waals surface area contributed by atoms with Crippen LogP contribution >= 0.6 is 7.60 Å². The van der Waals surface area contributed by atoms with E-state index in [-0.39, 0.29) is 12.3 Å². The van der Waals surface area contributed by atoms with Crippen molar-refractivity contribution in [2.45, 2.75) is 44.2 Å². The van der Waals surface area contributed by atoms with Gasteiger partial charge in [0.05, 0.1) is 6.61 Å². The fourth-order valence-electron chi connectivity index (χ4n) is 2.94. The number of fused-ring (bicyclic) bond motifs is 1. The SMILES string of the molecule is CC1(C)O[C@@H]2[C@H](O1)[C@@H](COP(C)(=O)O)O[C@H]2n1cnc(C(N)=O)c1O. The van der Waals surface area contributed by atoms with Crippen LogP contribution in [0.4, 0.5) is 0 Å². The van der Waals surface area contributed by atoms with E-state index in [4.69, 9.17) is 24.5 Å². The average Bonchev–Trinajstić information content (AvgIpc) is 3.07. The van der Waals surface area contributed by atoms with Gasteiger partial charge in [-0.15, -0.1) is 0 Å². The van der Waals surface area contributed by atoms with Crippen molar-refractivity contribution in [3.63, 3.8) is 0 Å². The minimum absolute atomic E-state index is 0.209. The van der Waals surface area contributed by atoms with Gasteiger partial charge in [-0.3, -0.25) is 13.9 Å². The Morgan fingerprint density at radius 1 is 1.48 bits per heavy atom. The monoisotopic (exact) mass is 377 g/mol. The topological polar surface area (TPSA) is 155 Å². The van der Waals surface area contributed by atoms with E-state index in [1.54, 1.807) is 13.8 Å². The summed E-state index contributed by atoms with van der Waals surface area (Å²) in [5.41, 5.74) is 4.85. The lowest BCUT2D eigenvalue weighted by Crippen LogP contribution is -2.32. The van der Waals surface area contributed by atoms with Gasteiger partial charge in [-0.1, -0.05) is 0 Å². The third-order valence-corrected chi connectivity index (χ3v) is 4.51. The number of carbonyl (C=O) groups is 1. The molecule has 0 radical (unpaired) electrons. The average molecular weight is 377 g/mol. The molecule has 3 rings (SSSR count). The molecule has 2 aliphatic rings. The van der Waals surface area contributed by atoms with Crippen molar-refractivity contribution in [3.8, 4) is 5.88 Å². The molecular weight excluding hydrogens is 357 g/mol. The maximum atomic E-state index is 11.4. The van der Waals surface area contributed by atoms with Crippen molar-refractivity contribution >= 4 is 13.5 Å². The molecule has 2 aliphatic heterocycles. The Morgan fingerprint density at radius 2 is 2.12 bits per heavy atom. The van der Waals surface area contributed by atoms with Crippen LogP contribution in [0.15, 0.2) is 6.33 Å². The summed E-state index contributed by atoms with van der Waals surface area (Å²) >= 11 is 0. The summed E-state index contributed by atoms with van der Waals surface area (Å²) in [6, 6.07) is 0. The lowest BCUT2D eigenvalue weighted by atomic mass is 10.1. The molecule has 2 saturated heterocycles. The van der Waals surface area contributed by atoms with E-state index in [1.807, 2.05) is 0 Å². The van der Waals surface area contributed by atoms with Gasteiger partial charge >= 0.3 is 7.60 Å². The van der Waals surface area contributed by atoms with Crippen LogP contribution in [0.1, 0.15) is 30.6 Å². The number of hydrogen-bond acceptors (Lipinski definition) is 8. The molecule has 1 amide bonds. The Bertz CT molecular complexity index is 729. The largest absolute Gasteiger partial charge is 0.493 e. The second kappa shape index (κ2) is 6.04. The molecule has 1 aromatic rings. The van der Waals surface area contributed by atoms with E-state index >= 15 is 0 Å². The highest BCUT2D eigenvalue weighted by Crippen LogP contribution is 2.46. The van der Waals surface area contributed by atoms with E-state index in [1.165, 1.54) is 10.9 Å². The number of amides is 1. The summed E-state index contributed by atoms with van der Waals surface area (Å²) in [5.74, 6) is -2.27. The minimum atomic E-state index is -3.70. The van der Waals surface area contributed by atoms with Gasteiger partial charge in [0.1, 0.15) is 24.6 Å². The van der Waals surface area contributed by atoms with Crippen LogP contribution in [0.25, 0.3) is 0 Å². The van der Waals surface area contributed by atoms with E-state index in [9.17, 15) is 19.4 Å². The molecular formula is C13H20N3O8P. The minimum Gasteiger partial charge on any atom is -0.493 e. The van der Waals surface area contributed by atoms with Gasteiger partial charge in [0.15, 0.2) is 17.7 Å². The number of nitrogens with zero attached hydrogens (tertiary/aromatic N) is 2. The molecule has 0 aliphatic carbocycles. The molecule has 3 heterocycles. The van der Waals surface area contributed by atoms with Gasteiger partial charge in [-0.2, -0.15) is 0 Å². The third kappa shape index (κ3) is 3.57. The van der Waals surface area contributed by atoms with E-state index in [0.717, 1.165) is 6.66 Å². The van der Waals surface area contributed by atoms with Crippen molar-refractivity contribution in [1.29, 1.82) is 0 Å². The predicted octanol–water partition coefficient (Wildman–Crippen LogP) is -0.0631. The molecule has 4 N–H and O–H groups in total. The number of aromatic nitrogens is 2. The number of rotatable bonds is 5. The van der Waals surface area contributed by atoms with Gasteiger partial charge in [-0.25, -0.2) is 4.98 Å². The van der Waals surface area contributed by atoms with Crippen LogP contribution in [0.5, 0.6) is 5.88 Å². The highest BCUT2D eigenvalue weighted by atomic mass is 31.2. The molecule has 12 heteroatoms. The van der Waals surface area contributed by atoms with E-state index in [2.05, 4.69) is 4.98 Å². The fourth-order valence-corrected chi connectivity index (χ4v) is 3.37. The molecule has 25 heavy (non-hydrogen) atoms. The molecule has 11 nitrogen and oxygen atoms in total. The summed E-state index contributed by atoms with van der Waals surface area (Å²) in [7, 11) is -3.70. The highest BCUT2D eigenvalue weighted by Gasteiger charge is 2.56. The highest BCUT2D eigenvalue weighted by molar-refractivity contribution is 7.51. The van der Waals surface area contributed by atoms with Crippen molar-refractivity contribution in [3.05, 3.63) is 12.0 Å². The maximum absolute atomic E-state index is 11.4. The summed E-state index contributed by atoms with van der Waals surface area (Å²) in [6.45, 7) is 4.27. The van der Waals surface area contributed by atoms with Crippen LogP contribution in [0, 0.1) is 0 Å². The zero-order chi connectivity index (χ0) is 18.6. The number of nitrogens with two attached hydrogens (primary N) is 1. The Balaban J connectivity index is 1.87. The van der Waals surface area contributed by atoms with Crippen molar-refractivity contribution < 1.29 is 38.1 Å². The molecule has 140 valence electrons. The summed E-state index contributed by atoms with van der Waals surface area (Å²) in [4.78, 5) is 24.3. The number of carbonyl (C=O) groups excluding carboxylic acids is 1. The summed E-state index contributed by atoms with van der Waals surface area (Å²) in [6.07, 6.45) is -1.66. The number of imidazole rings is 1. The van der Waals surface area contributed by atoms with Gasteiger partial charge < -0.3 is 34.5 Å². The molecule has 2 fully saturated rings. The van der Waals surface area contributed by atoms with Crippen LogP contribution in [-0.4, -0.2) is 62.8 Å². The lowest BCUT2D eigenvalue weighted by molar-refractivity contribution is -0.199. The predicted molar refractivity (Wildman–Crippen MR) is 81.8 cm³/mol. The standard InChI is InChI=1S/C13H20N3O8P/c1-13(2)23-8-6(4-21-25(3,19)20)22-12(9(8)24-13)16-5-15-7(10(14)17)11(16)18/h5-6,8-9,12,18H,4H2,1-3H3,(H2,14,17)(H,19,20)/t6-,8-,9-,12-/m1/s1. The first-order valence-electron chi connectivity index (χ1n) is 7.50. The molecule has 0 saturated carbocycles. The summed E-state index contributed by atoms with van der Waals surface area (Å²) in [5, 5.41) is 10.2. The summed E-state index contributed by atoms with van der Waals surface area (Å²) < 4.78 is 34.9. The van der Waals surface area contributed by atoms with Crippen molar-refractivity contribution in [2.75, 3.05) is 13.3 Å². The van der Waals surface area contributed by atoms with E-state index < -0.39 is 49.7 Å². The first kappa shape index (κ1) is 18.3. The second-order valence-electron chi connectivity index (χ2n) is 6.42. The Hall–Kier alpha value is -1.49. The molecule has 0 bridgehead atoms. The van der Waals surface area contributed by atoms with Crippen LogP contribution in [-0.2, 0) is 23.3 Å². The number of aromatic hydroxyl groups is 1. The van der Waals surface area contributed by atoms with Gasteiger partial charge in [0, 0.05) is 6.66 Å². The Labute approximate surface area is 143 Å². The molecule has 1 aromatic heterocycles. The van der Waals surface area contributed by atoms with Gasteiger partial charge in [-0.05, 0) is 13.8 Å². The zero-order valence-electron chi connectivity index (χ0n) is 13.9. The molecule has 5 atom stereocenters. The first-order valence-corrected chi connectivity index (χ1v) is 9.52. The van der Waals surface area contributed by atoms with Crippen molar-refractivity contribution in [2.24, 2.45) is 5.73 Å².